The van der Waals surface area contributed by atoms with Gasteiger partial charge in [0.15, 0.2) is 0 Å². The molecule has 26 heavy (non-hydrogen) atoms. The second kappa shape index (κ2) is 7.74. The Balaban J connectivity index is 2.23. The molecule has 2 N–H and O–H groups in total. The minimum absolute atomic E-state index is 0.172. The average molecular weight is 378 g/mol. The maximum atomic E-state index is 12.4. The Morgan fingerprint density at radius 1 is 1.15 bits per heavy atom. The molecule has 0 fully saturated rings. The van der Waals surface area contributed by atoms with E-state index in [1.807, 2.05) is 0 Å². The number of esters is 1. The number of benzene rings is 1. The van der Waals surface area contributed by atoms with E-state index in [0.29, 0.717) is 5.56 Å². The van der Waals surface area contributed by atoms with E-state index in [1.54, 1.807) is 51.1 Å². The first-order valence-corrected chi connectivity index (χ1v) is 9.68. The molecule has 1 aromatic heterocycles. The van der Waals surface area contributed by atoms with E-state index in [1.165, 1.54) is 12.3 Å². The smallest absolute Gasteiger partial charge is 0.310 e. The molecule has 8 heteroatoms. The standard InChI is InChI=1S/C18H22N2O5S/c1-18(2,3)25-15(21)11-14-9-10-19-17(22)16(14)20-26(23,24)12-13-7-5-4-6-8-13/h4-10,20H,11-12H2,1-3H3,(H,19,22). The Morgan fingerprint density at radius 3 is 2.42 bits per heavy atom. The lowest BCUT2D eigenvalue weighted by Crippen LogP contribution is -2.27. The van der Waals surface area contributed by atoms with Gasteiger partial charge in [-0.2, -0.15) is 0 Å². The monoisotopic (exact) mass is 378 g/mol. The summed E-state index contributed by atoms with van der Waals surface area (Å²) >= 11 is 0. The maximum Gasteiger partial charge on any atom is 0.310 e. The minimum Gasteiger partial charge on any atom is -0.460 e. The highest BCUT2D eigenvalue weighted by atomic mass is 32.2. The molecule has 0 amide bonds. The van der Waals surface area contributed by atoms with Gasteiger partial charge in [-0.15, -0.1) is 0 Å². The predicted octanol–water partition coefficient (Wildman–Crippen LogP) is 2.20. The Hall–Kier alpha value is -2.61. The maximum absolute atomic E-state index is 12.4. The van der Waals surface area contributed by atoms with Gasteiger partial charge < -0.3 is 9.72 Å². The molecule has 140 valence electrons. The van der Waals surface area contributed by atoms with Crippen LogP contribution in [0.5, 0.6) is 0 Å². The lowest BCUT2D eigenvalue weighted by molar-refractivity contribution is -0.153. The van der Waals surface area contributed by atoms with Crippen LogP contribution in [0.15, 0.2) is 47.4 Å². The number of carbonyl (C=O) groups is 1. The lowest BCUT2D eigenvalue weighted by atomic mass is 10.1. The van der Waals surface area contributed by atoms with Crippen LogP contribution in [-0.4, -0.2) is 25.0 Å². The van der Waals surface area contributed by atoms with Crippen molar-refractivity contribution < 1.29 is 17.9 Å². The normalized spacial score (nSPS) is 11.8. The third-order valence-corrected chi connectivity index (χ3v) is 4.49. The molecule has 0 atom stereocenters. The summed E-state index contributed by atoms with van der Waals surface area (Å²) in [6.45, 7) is 5.19. The molecule has 2 aromatic rings. The molecule has 0 saturated heterocycles. The number of H-pyrrole nitrogens is 1. The third kappa shape index (κ3) is 6.03. The van der Waals surface area contributed by atoms with Crippen molar-refractivity contribution in [2.45, 2.75) is 38.5 Å². The molecular formula is C18H22N2O5S. The zero-order valence-electron chi connectivity index (χ0n) is 14.9. The van der Waals surface area contributed by atoms with Crippen LogP contribution < -0.4 is 10.3 Å². The van der Waals surface area contributed by atoms with Gasteiger partial charge in [0.1, 0.15) is 11.3 Å². The topological polar surface area (TPSA) is 105 Å². The first-order valence-electron chi connectivity index (χ1n) is 8.02. The highest BCUT2D eigenvalue weighted by Crippen LogP contribution is 2.16. The fourth-order valence-electron chi connectivity index (χ4n) is 2.30. The molecule has 0 aliphatic heterocycles. The Labute approximate surface area is 152 Å². The van der Waals surface area contributed by atoms with Gasteiger partial charge in [0.25, 0.3) is 5.56 Å². The first kappa shape index (κ1) is 19.7. The fraction of sp³-hybridized carbons (Fsp3) is 0.333. The van der Waals surface area contributed by atoms with Crippen LogP contribution in [0.1, 0.15) is 31.9 Å². The van der Waals surface area contributed by atoms with Crippen molar-refractivity contribution >= 4 is 21.7 Å². The number of nitrogens with one attached hydrogen (secondary N) is 2. The van der Waals surface area contributed by atoms with Crippen molar-refractivity contribution in [3.63, 3.8) is 0 Å². The molecule has 0 unspecified atom stereocenters. The van der Waals surface area contributed by atoms with Crippen molar-refractivity contribution in [3.05, 3.63) is 64.1 Å². The van der Waals surface area contributed by atoms with Gasteiger partial charge in [-0.1, -0.05) is 30.3 Å². The van der Waals surface area contributed by atoms with Crippen LogP contribution >= 0.6 is 0 Å². The van der Waals surface area contributed by atoms with Gasteiger partial charge in [-0.05, 0) is 38.0 Å². The lowest BCUT2D eigenvalue weighted by Gasteiger charge is -2.20. The molecule has 7 nitrogen and oxygen atoms in total. The summed E-state index contributed by atoms with van der Waals surface area (Å²) < 4.78 is 32.3. The number of anilines is 1. The second-order valence-corrected chi connectivity index (χ2v) is 8.54. The number of pyridine rings is 1. The van der Waals surface area contributed by atoms with Gasteiger partial charge in [0, 0.05) is 6.20 Å². The van der Waals surface area contributed by atoms with E-state index < -0.39 is 27.2 Å². The third-order valence-electron chi connectivity index (χ3n) is 3.26. The van der Waals surface area contributed by atoms with Gasteiger partial charge in [0.05, 0.1) is 12.2 Å². The largest absolute Gasteiger partial charge is 0.460 e. The summed E-state index contributed by atoms with van der Waals surface area (Å²) in [6, 6.07) is 10.1. The van der Waals surface area contributed by atoms with Crippen molar-refractivity contribution in [2.75, 3.05) is 4.72 Å². The van der Waals surface area contributed by atoms with Crippen LogP contribution in [0.25, 0.3) is 0 Å². The molecule has 0 aliphatic rings. The summed E-state index contributed by atoms with van der Waals surface area (Å²) in [6.07, 6.45) is 1.14. The molecular weight excluding hydrogens is 356 g/mol. The second-order valence-electron chi connectivity index (χ2n) is 6.82. The zero-order valence-corrected chi connectivity index (χ0v) is 15.7. The highest BCUT2D eigenvalue weighted by molar-refractivity contribution is 7.91. The molecule has 2 rings (SSSR count). The molecule has 0 radical (unpaired) electrons. The Morgan fingerprint density at radius 2 is 1.81 bits per heavy atom. The average Bonchev–Trinajstić information content (AvgIpc) is 2.49. The number of carbonyl (C=O) groups excluding carboxylic acids is 1. The minimum atomic E-state index is -3.83. The molecule has 0 bridgehead atoms. The Kier molecular flexibility index (Phi) is 5.86. The summed E-state index contributed by atoms with van der Waals surface area (Å²) in [7, 11) is -3.83. The molecule has 0 spiro atoms. The van der Waals surface area contributed by atoms with Gasteiger partial charge in [-0.3, -0.25) is 14.3 Å². The zero-order chi connectivity index (χ0) is 19.4. The predicted molar refractivity (Wildman–Crippen MR) is 99.3 cm³/mol. The van der Waals surface area contributed by atoms with E-state index in [4.69, 9.17) is 4.74 Å². The van der Waals surface area contributed by atoms with E-state index in [0.717, 1.165) is 0 Å². The number of rotatable bonds is 6. The molecule has 1 heterocycles. The molecule has 0 saturated carbocycles. The summed E-state index contributed by atoms with van der Waals surface area (Å²) in [5, 5.41) is 0. The van der Waals surface area contributed by atoms with E-state index >= 15 is 0 Å². The van der Waals surface area contributed by atoms with Crippen LogP contribution in [-0.2, 0) is 31.7 Å². The summed E-state index contributed by atoms with van der Waals surface area (Å²) in [4.78, 5) is 26.6. The first-order chi connectivity index (χ1) is 12.1. The van der Waals surface area contributed by atoms with Crippen LogP contribution in [0.2, 0.25) is 0 Å². The van der Waals surface area contributed by atoms with Gasteiger partial charge in [-0.25, -0.2) is 8.42 Å². The van der Waals surface area contributed by atoms with Crippen LogP contribution in [0.3, 0.4) is 0 Å². The molecule has 0 aliphatic carbocycles. The number of sulfonamides is 1. The van der Waals surface area contributed by atoms with Gasteiger partial charge in [0.2, 0.25) is 10.0 Å². The van der Waals surface area contributed by atoms with Crippen molar-refractivity contribution in [1.29, 1.82) is 0 Å². The van der Waals surface area contributed by atoms with Crippen molar-refractivity contribution in [2.24, 2.45) is 0 Å². The Bertz CT molecular complexity index is 928. The number of aromatic nitrogens is 1. The SMILES string of the molecule is CC(C)(C)OC(=O)Cc1cc[nH]c(=O)c1NS(=O)(=O)Cc1ccccc1. The van der Waals surface area contributed by atoms with Crippen LogP contribution in [0.4, 0.5) is 5.69 Å². The summed E-state index contributed by atoms with van der Waals surface area (Å²) in [5.41, 5.74) is -0.636. The number of hydrogen-bond acceptors (Lipinski definition) is 5. The van der Waals surface area contributed by atoms with E-state index in [2.05, 4.69) is 9.71 Å². The molecule has 1 aromatic carbocycles. The summed E-state index contributed by atoms with van der Waals surface area (Å²) in [5.74, 6) is -0.833. The number of hydrogen-bond donors (Lipinski definition) is 2. The van der Waals surface area contributed by atoms with Crippen molar-refractivity contribution in [1.82, 2.24) is 4.98 Å². The van der Waals surface area contributed by atoms with Crippen LogP contribution in [0, 0.1) is 0 Å². The number of aromatic amines is 1. The van der Waals surface area contributed by atoms with E-state index in [-0.39, 0.29) is 23.4 Å². The number of ether oxygens (including phenoxy) is 1. The van der Waals surface area contributed by atoms with Crippen molar-refractivity contribution in [3.8, 4) is 0 Å². The fourth-order valence-corrected chi connectivity index (χ4v) is 3.54. The highest BCUT2D eigenvalue weighted by Gasteiger charge is 2.21. The quantitative estimate of drug-likeness (QED) is 0.750. The van der Waals surface area contributed by atoms with E-state index in [9.17, 15) is 18.0 Å². The van der Waals surface area contributed by atoms with Gasteiger partial charge >= 0.3 is 5.97 Å².